The van der Waals surface area contributed by atoms with Gasteiger partial charge in [0.2, 0.25) is 5.91 Å². The monoisotopic (exact) mass is 293 g/mol. The molecule has 1 aromatic rings. The van der Waals surface area contributed by atoms with E-state index in [4.69, 9.17) is 16.7 Å². The van der Waals surface area contributed by atoms with Crippen LogP contribution in [0.5, 0.6) is 0 Å². The zero-order valence-electron chi connectivity index (χ0n) is 11.0. The molecule has 2 fully saturated rings. The summed E-state index contributed by atoms with van der Waals surface area (Å²) < 4.78 is 0. The Morgan fingerprint density at radius 2 is 2.15 bits per heavy atom. The van der Waals surface area contributed by atoms with Gasteiger partial charge in [-0.3, -0.25) is 4.79 Å². The Balaban J connectivity index is 1.70. The predicted molar refractivity (Wildman–Crippen MR) is 74.7 cm³/mol. The molecule has 1 aliphatic carbocycles. The third kappa shape index (κ3) is 2.40. The van der Waals surface area contributed by atoms with Crippen LogP contribution in [-0.2, 0) is 9.59 Å². The van der Waals surface area contributed by atoms with Gasteiger partial charge in [-0.15, -0.1) is 0 Å². The summed E-state index contributed by atoms with van der Waals surface area (Å²) in [6, 6.07) is 6.92. The lowest BCUT2D eigenvalue weighted by molar-refractivity contribution is -0.148. The number of amides is 1. The molecular formula is C15H16ClNO3. The average Bonchev–Trinajstić information content (AvgIpc) is 3.06. The first-order valence-electron chi connectivity index (χ1n) is 6.86. The molecule has 0 radical (unpaired) electrons. The fourth-order valence-electron chi connectivity index (χ4n) is 3.07. The van der Waals surface area contributed by atoms with E-state index in [1.807, 2.05) is 24.3 Å². The highest BCUT2D eigenvalue weighted by atomic mass is 35.5. The zero-order valence-corrected chi connectivity index (χ0v) is 11.7. The van der Waals surface area contributed by atoms with Crippen molar-refractivity contribution in [2.24, 2.45) is 5.92 Å². The van der Waals surface area contributed by atoms with Gasteiger partial charge in [-0.2, -0.15) is 0 Å². The minimum absolute atomic E-state index is 0.0140. The van der Waals surface area contributed by atoms with Crippen molar-refractivity contribution in [3.8, 4) is 0 Å². The fraction of sp³-hybridized carbons (Fsp3) is 0.467. The van der Waals surface area contributed by atoms with Crippen LogP contribution in [0.4, 0.5) is 0 Å². The Morgan fingerprint density at radius 3 is 2.85 bits per heavy atom. The number of aliphatic carboxylic acids is 1. The van der Waals surface area contributed by atoms with Crippen LogP contribution in [0.1, 0.15) is 30.7 Å². The summed E-state index contributed by atoms with van der Waals surface area (Å²) in [7, 11) is 0. The molecule has 1 amide bonds. The van der Waals surface area contributed by atoms with E-state index in [2.05, 4.69) is 0 Å². The Labute approximate surface area is 122 Å². The highest BCUT2D eigenvalue weighted by Gasteiger charge is 2.48. The Morgan fingerprint density at radius 1 is 1.35 bits per heavy atom. The number of likely N-dealkylation sites (tertiary alicyclic amines) is 1. The van der Waals surface area contributed by atoms with Gasteiger partial charge in [-0.25, -0.2) is 4.79 Å². The molecule has 1 N–H and O–H groups in total. The first-order chi connectivity index (χ1) is 9.58. The quantitative estimate of drug-likeness (QED) is 0.931. The first-order valence-corrected chi connectivity index (χ1v) is 7.24. The van der Waals surface area contributed by atoms with E-state index in [9.17, 15) is 9.59 Å². The van der Waals surface area contributed by atoms with Gasteiger partial charge in [-0.05, 0) is 42.9 Å². The molecule has 1 aliphatic heterocycles. The van der Waals surface area contributed by atoms with Crippen molar-refractivity contribution in [3.05, 3.63) is 34.9 Å². The van der Waals surface area contributed by atoms with Crippen molar-refractivity contribution in [2.75, 3.05) is 6.54 Å². The standard InChI is InChI=1S/C15H16ClNO3/c16-10-4-1-3-9(7-10)11-8-12(11)14(18)17-6-2-5-13(17)15(19)20/h1,3-4,7,11-13H,2,5-6,8H2,(H,19,20)/t11-,12-,13+/m1/s1. The minimum atomic E-state index is -0.893. The first kappa shape index (κ1) is 13.4. The molecule has 1 saturated heterocycles. The average molecular weight is 294 g/mol. The number of benzene rings is 1. The van der Waals surface area contributed by atoms with Gasteiger partial charge in [0, 0.05) is 17.5 Å². The van der Waals surface area contributed by atoms with Gasteiger partial charge in [0.15, 0.2) is 0 Å². The van der Waals surface area contributed by atoms with Crippen LogP contribution in [0.25, 0.3) is 0 Å². The maximum Gasteiger partial charge on any atom is 0.326 e. The SMILES string of the molecule is O=C(O)[C@@H]1CCCN1C(=O)[C@@H]1C[C@@H]1c1cccc(Cl)c1. The molecule has 0 unspecified atom stereocenters. The summed E-state index contributed by atoms with van der Waals surface area (Å²) in [6.07, 6.45) is 2.13. The normalized spacial score (nSPS) is 28.4. The Bertz CT molecular complexity index is 560. The van der Waals surface area contributed by atoms with Gasteiger partial charge in [0.25, 0.3) is 0 Å². The van der Waals surface area contributed by atoms with Crippen molar-refractivity contribution in [3.63, 3.8) is 0 Å². The van der Waals surface area contributed by atoms with Crippen LogP contribution in [0.15, 0.2) is 24.3 Å². The van der Waals surface area contributed by atoms with Crippen LogP contribution < -0.4 is 0 Å². The lowest BCUT2D eigenvalue weighted by atomic mass is 10.1. The zero-order chi connectivity index (χ0) is 14.3. The van der Waals surface area contributed by atoms with E-state index < -0.39 is 12.0 Å². The number of carboxylic acid groups (broad SMARTS) is 1. The van der Waals surface area contributed by atoms with Crippen molar-refractivity contribution >= 4 is 23.5 Å². The van der Waals surface area contributed by atoms with Crippen molar-refractivity contribution in [2.45, 2.75) is 31.2 Å². The van der Waals surface area contributed by atoms with Gasteiger partial charge < -0.3 is 10.0 Å². The minimum Gasteiger partial charge on any atom is -0.480 e. The molecule has 5 heteroatoms. The molecule has 0 bridgehead atoms. The summed E-state index contributed by atoms with van der Waals surface area (Å²) in [4.78, 5) is 25.1. The third-order valence-electron chi connectivity index (χ3n) is 4.21. The Kier molecular flexibility index (Phi) is 3.42. The predicted octanol–water partition coefficient (Wildman–Crippen LogP) is 2.52. The molecule has 1 saturated carbocycles. The maximum absolute atomic E-state index is 12.4. The summed E-state index contributed by atoms with van der Waals surface area (Å²) >= 11 is 5.96. The van der Waals surface area contributed by atoms with Crippen molar-refractivity contribution in [1.29, 1.82) is 0 Å². The highest BCUT2D eigenvalue weighted by molar-refractivity contribution is 6.30. The fourth-order valence-corrected chi connectivity index (χ4v) is 3.27. The summed E-state index contributed by atoms with van der Waals surface area (Å²) in [5.74, 6) is -0.791. The second-order valence-corrected chi connectivity index (χ2v) is 5.97. The van der Waals surface area contributed by atoms with Crippen LogP contribution in [0.3, 0.4) is 0 Å². The summed E-state index contributed by atoms with van der Waals surface area (Å²) in [6.45, 7) is 0.564. The van der Waals surface area contributed by atoms with E-state index in [1.165, 1.54) is 4.90 Å². The largest absolute Gasteiger partial charge is 0.480 e. The molecule has 1 aromatic carbocycles. The van der Waals surface area contributed by atoms with E-state index >= 15 is 0 Å². The van der Waals surface area contributed by atoms with Gasteiger partial charge in [-0.1, -0.05) is 23.7 Å². The second kappa shape index (κ2) is 5.09. The summed E-state index contributed by atoms with van der Waals surface area (Å²) in [5, 5.41) is 9.81. The third-order valence-corrected chi connectivity index (χ3v) is 4.44. The lowest BCUT2D eigenvalue weighted by Gasteiger charge is -2.21. The topological polar surface area (TPSA) is 57.6 Å². The number of rotatable bonds is 3. The molecular weight excluding hydrogens is 278 g/mol. The number of nitrogens with zero attached hydrogens (tertiary/aromatic N) is 1. The summed E-state index contributed by atoms with van der Waals surface area (Å²) in [5.41, 5.74) is 1.07. The number of hydrogen-bond acceptors (Lipinski definition) is 2. The maximum atomic E-state index is 12.4. The van der Waals surface area contributed by atoms with Gasteiger partial charge in [0.1, 0.15) is 6.04 Å². The smallest absolute Gasteiger partial charge is 0.326 e. The Hall–Kier alpha value is -1.55. The number of carboxylic acids is 1. The number of hydrogen-bond donors (Lipinski definition) is 1. The molecule has 3 rings (SSSR count). The molecule has 4 nitrogen and oxygen atoms in total. The molecule has 0 spiro atoms. The molecule has 1 heterocycles. The van der Waals surface area contributed by atoms with E-state index in [-0.39, 0.29) is 17.7 Å². The van der Waals surface area contributed by atoms with E-state index in [1.54, 1.807) is 0 Å². The molecule has 2 aliphatic rings. The molecule has 0 aromatic heterocycles. The van der Waals surface area contributed by atoms with Crippen LogP contribution in [0, 0.1) is 5.92 Å². The number of halogens is 1. The van der Waals surface area contributed by atoms with Crippen LogP contribution >= 0.6 is 11.6 Å². The molecule has 20 heavy (non-hydrogen) atoms. The highest BCUT2D eigenvalue weighted by Crippen LogP contribution is 2.49. The van der Waals surface area contributed by atoms with E-state index in [0.29, 0.717) is 18.0 Å². The van der Waals surface area contributed by atoms with Crippen LogP contribution in [-0.4, -0.2) is 34.5 Å². The van der Waals surface area contributed by atoms with Crippen LogP contribution in [0.2, 0.25) is 5.02 Å². The number of carbonyl (C=O) groups excluding carboxylic acids is 1. The number of carbonyl (C=O) groups is 2. The second-order valence-electron chi connectivity index (χ2n) is 5.53. The van der Waals surface area contributed by atoms with Gasteiger partial charge >= 0.3 is 5.97 Å². The lowest BCUT2D eigenvalue weighted by Crippen LogP contribution is -2.41. The molecule has 106 valence electrons. The van der Waals surface area contributed by atoms with Crippen molar-refractivity contribution in [1.82, 2.24) is 4.90 Å². The van der Waals surface area contributed by atoms with E-state index in [0.717, 1.165) is 18.4 Å². The van der Waals surface area contributed by atoms with Crippen molar-refractivity contribution < 1.29 is 14.7 Å². The van der Waals surface area contributed by atoms with Gasteiger partial charge in [0.05, 0.1) is 0 Å². The molecule has 3 atom stereocenters.